The maximum absolute atomic E-state index is 13.1. The number of esters is 2. The molecule has 1 aromatic rings. The first-order chi connectivity index (χ1) is 16.8. The first-order valence-electron chi connectivity index (χ1n) is 12.9. The van der Waals surface area contributed by atoms with E-state index in [0.717, 1.165) is 0 Å². The average molecular weight is 555 g/mol. The van der Waals surface area contributed by atoms with Crippen LogP contribution in [0.15, 0.2) is 30.3 Å². The third-order valence-electron chi connectivity index (χ3n) is 7.76. The molecule has 5 atom stereocenters. The second-order valence-electron chi connectivity index (χ2n) is 12.6. The van der Waals surface area contributed by atoms with Crippen LogP contribution >= 0.6 is 0 Å². The second kappa shape index (κ2) is 11.7. The van der Waals surface area contributed by atoms with E-state index in [1.54, 1.807) is 37.3 Å². The fourth-order valence-corrected chi connectivity index (χ4v) is 6.02. The predicted molar refractivity (Wildman–Crippen MR) is 147 cm³/mol. The molecule has 210 valence electrons. The molecule has 0 amide bonds. The molecule has 0 bridgehead atoms. The Bertz CT molecular complexity index is 921. The van der Waals surface area contributed by atoms with Crippen LogP contribution in [0.1, 0.15) is 58.8 Å². The van der Waals surface area contributed by atoms with Crippen LogP contribution in [0.2, 0.25) is 36.3 Å². The number of hydrogen-bond acceptors (Lipinski definition) is 8. The SMILES string of the molecule is CCOC(=O)[C@H](OC(=O)c1ccccc1)[C@H]1OC(O)[C@@H](O[Si](C)(C)C(C)(C)C)[C@@H]1O[Si](C)(C)C(C)(C)C. The first kappa shape index (κ1) is 31.7. The minimum atomic E-state index is -2.46. The van der Waals surface area contributed by atoms with Gasteiger partial charge in [-0.25, -0.2) is 9.59 Å². The summed E-state index contributed by atoms with van der Waals surface area (Å²) in [6, 6.07) is 8.39. The van der Waals surface area contributed by atoms with Crippen molar-refractivity contribution < 1.29 is 37.8 Å². The Morgan fingerprint density at radius 1 is 0.919 bits per heavy atom. The van der Waals surface area contributed by atoms with Gasteiger partial charge in [-0.15, -0.1) is 0 Å². The quantitative estimate of drug-likeness (QED) is 0.325. The molecule has 8 nitrogen and oxygen atoms in total. The van der Waals surface area contributed by atoms with Crippen LogP contribution in [-0.4, -0.2) is 71.0 Å². The molecule has 2 rings (SSSR count). The monoisotopic (exact) mass is 554 g/mol. The van der Waals surface area contributed by atoms with Crippen LogP contribution < -0.4 is 0 Å². The van der Waals surface area contributed by atoms with Crippen molar-refractivity contribution in [3.05, 3.63) is 35.9 Å². The van der Waals surface area contributed by atoms with Gasteiger partial charge in [0.15, 0.2) is 22.9 Å². The minimum Gasteiger partial charge on any atom is -0.463 e. The molecular weight excluding hydrogens is 508 g/mol. The standard InChI is InChI=1S/C27H46O8Si2/c1-12-31-24(29)21(33-23(28)18-16-14-13-15-17-18)19-20(34-36(8,9)26(2,3)4)22(25(30)32-19)35-37(10,11)27(5,6)7/h13-17,19-22,25,30H,12H2,1-11H3/t19-,20+,21+,22-,25?/m0/s1. The molecule has 1 aliphatic heterocycles. The Kier molecular flexibility index (Phi) is 9.98. The third kappa shape index (κ3) is 7.51. The summed E-state index contributed by atoms with van der Waals surface area (Å²) in [5.41, 5.74) is 0.284. The number of carbonyl (C=O) groups excluding carboxylic acids is 2. The van der Waals surface area contributed by atoms with E-state index in [-0.39, 0.29) is 22.2 Å². The third-order valence-corrected chi connectivity index (χ3v) is 16.7. The average Bonchev–Trinajstić information content (AvgIpc) is 3.05. The molecule has 0 aliphatic carbocycles. The van der Waals surface area contributed by atoms with E-state index >= 15 is 0 Å². The highest BCUT2D eigenvalue weighted by atomic mass is 28.4. The van der Waals surface area contributed by atoms with E-state index in [4.69, 9.17) is 23.1 Å². The van der Waals surface area contributed by atoms with Crippen molar-refractivity contribution in [2.75, 3.05) is 6.61 Å². The summed E-state index contributed by atoms with van der Waals surface area (Å²) >= 11 is 0. The highest BCUT2D eigenvalue weighted by Gasteiger charge is 2.57. The van der Waals surface area contributed by atoms with Gasteiger partial charge in [0, 0.05) is 0 Å². The molecule has 0 spiro atoms. The van der Waals surface area contributed by atoms with Crippen molar-refractivity contribution in [2.45, 2.75) is 115 Å². The van der Waals surface area contributed by atoms with Crippen molar-refractivity contribution in [1.29, 1.82) is 0 Å². The Morgan fingerprint density at radius 2 is 1.41 bits per heavy atom. The fourth-order valence-electron chi connectivity index (χ4n) is 3.43. The minimum absolute atomic E-state index is 0.0884. The van der Waals surface area contributed by atoms with Crippen LogP contribution in [0.3, 0.4) is 0 Å². The number of rotatable bonds is 9. The molecule has 0 aromatic heterocycles. The molecular formula is C27H46O8Si2. The van der Waals surface area contributed by atoms with Gasteiger partial charge in [0.25, 0.3) is 0 Å². The zero-order chi connectivity index (χ0) is 28.4. The van der Waals surface area contributed by atoms with Crippen molar-refractivity contribution in [1.82, 2.24) is 0 Å². The molecule has 0 radical (unpaired) electrons. The number of carbonyl (C=O) groups is 2. The molecule has 1 N–H and O–H groups in total. The molecule has 1 unspecified atom stereocenters. The van der Waals surface area contributed by atoms with Gasteiger partial charge >= 0.3 is 11.9 Å². The van der Waals surface area contributed by atoms with Crippen LogP contribution in [0.25, 0.3) is 0 Å². The number of benzene rings is 1. The lowest BCUT2D eigenvalue weighted by Gasteiger charge is -2.44. The zero-order valence-electron chi connectivity index (χ0n) is 24.3. The number of hydrogen-bond donors (Lipinski definition) is 1. The van der Waals surface area contributed by atoms with Gasteiger partial charge in [0.05, 0.1) is 12.2 Å². The maximum Gasteiger partial charge on any atom is 0.350 e. The summed E-state index contributed by atoms with van der Waals surface area (Å²) in [4.78, 5) is 26.1. The summed E-state index contributed by atoms with van der Waals surface area (Å²) in [7, 11) is -4.85. The number of aliphatic hydroxyl groups excluding tert-OH is 1. The molecule has 0 saturated carbocycles. The summed E-state index contributed by atoms with van der Waals surface area (Å²) < 4.78 is 30.3. The lowest BCUT2D eigenvalue weighted by molar-refractivity contribution is -0.175. The topological polar surface area (TPSA) is 101 Å². The van der Waals surface area contributed by atoms with Crippen molar-refractivity contribution in [3.8, 4) is 0 Å². The maximum atomic E-state index is 13.1. The summed E-state index contributed by atoms with van der Waals surface area (Å²) in [6.07, 6.45) is -5.67. The Balaban J connectivity index is 2.53. The predicted octanol–water partition coefficient (Wildman–Crippen LogP) is 5.27. The second-order valence-corrected chi connectivity index (χ2v) is 22.1. The van der Waals surface area contributed by atoms with Gasteiger partial charge in [0.2, 0.25) is 6.10 Å². The summed E-state index contributed by atoms with van der Waals surface area (Å²) in [5, 5.41) is 10.8. The van der Waals surface area contributed by atoms with Gasteiger partial charge in [-0.05, 0) is 55.3 Å². The van der Waals surface area contributed by atoms with Crippen LogP contribution in [0.5, 0.6) is 0 Å². The Morgan fingerprint density at radius 3 is 1.86 bits per heavy atom. The number of ether oxygens (including phenoxy) is 3. The van der Waals surface area contributed by atoms with E-state index in [1.165, 1.54) is 0 Å². The number of aliphatic hydroxyl groups is 1. The normalized spacial score (nSPS) is 24.0. The highest BCUT2D eigenvalue weighted by Crippen LogP contribution is 2.44. The van der Waals surface area contributed by atoms with Crippen molar-refractivity contribution in [2.24, 2.45) is 0 Å². The van der Waals surface area contributed by atoms with E-state index < -0.39 is 59.3 Å². The molecule has 1 fully saturated rings. The molecule has 1 aromatic carbocycles. The van der Waals surface area contributed by atoms with Crippen LogP contribution in [0, 0.1) is 0 Å². The lowest BCUT2D eigenvalue weighted by Crippen LogP contribution is -2.56. The lowest BCUT2D eigenvalue weighted by atomic mass is 10.1. The highest BCUT2D eigenvalue weighted by molar-refractivity contribution is 6.74. The van der Waals surface area contributed by atoms with Gasteiger partial charge < -0.3 is 28.2 Å². The van der Waals surface area contributed by atoms with E-state index in [0.29, 0.717) is 0 Å². The van der Waals surface area contributed by atoms with Gasteiger partial charge in [0.1, 0.15) is 18.3 Å². The fraction of sp³-hybridized carbons (Fsp3) is 0.704. The molecule has 1 saturated heterocycles. The van der Waals surface area contributed by atoms with Gasteiger partial charge in [-0.2, -0.15) is 0 Å². The van der Waals surface area contributed by atoms with Crippen LogP contribution in [0.4, 0.5) is 0 Å². The summed E-state index contributed by atoms with van der Waals surface area (Å²) in [5.74, 6) is -1.46. The largest absolute Gasteiger partial charge is 0.463 e. The van der Waals surface area contributed by atoms with Gasteiger partial charge in [-0.3, -0.25) is 0 Å². The first-order valence-corrected chi connectivity index (χ1v) is 18.8. The van der Waals surface area contributed by atoms with Crippen LogP contribution in [-0.2, 0) is 27.9 Å². The molecule has 1 heterocycles. The zero-order valence-corrected chi connectivity index (χ0v) is 26.3. The molecule has 37 heavy (non-hydrogen) atoms. The van der Waals surface area contributed by atoms with Crippen molar-refractivity contribution >= 4 is 28.6 Å². The molecule has 10 heteroatoms. The Hall–Kier alpha value is -1.57. The Labute approximate surface area is 224 Å². The van der Waals surface area contributed by atoms with E-state index in [9.17, 15) is 14.7 Å². The smallest absolute Gasteiger partial charge is 0.350 e. The van der Waals surface area contributed by atoms with Gasteiger partial charge in [-0.1, -0.05) is 59.7 Å². The van der Waals surface area contributed by atoms with Crippen molar-refractivity contribution in [3.63, 3.8) is 0 Å². The van der Waals surface area contributed by atoms with E-state index in [1.807, 2.05) is 0 Å². The molecule has 1 aliphatic rings. The van der Waals surface area contributed by atoms with E-state index in [2.05, 4.69) is 67.7 Å². The summed E-state index contributed by atoms with van der Waals surface area (Å²) in [6.45, 7) is 22.7.